The molecule has 2 rings (SSSR count). The number of aliphatic hydroxyl groups is 1. The van der Waals surface area contributed by atoms with Crippen molar-refractivity contribution in [3.8, 4) is 0 Å². The zero-order chi connectivity index (χ0) is 12.8. The van der Waals surface area contributed by atoms with Crippen molar-refractivity contribution in [2.75, 3.05) is 6.54 Å². The van der Waals surface area contributed by atoms with Gasteiger partial charge >= 0.3 is 6.09 Å². The molecule has 6 nitrogen and oxygen atoms in total. The van der Waals surface area contributed by atoms with E-state index in [1.807, 2.05) is 0 Å². The second-order valence-corrected chi connectivity index (χ2v) is 5.54. The molecule has 2 amide bonds. The number of rotatable bonds is 0. The van der Waals surface area contributed by atoms with Gasteiger partial charge in [-0.05, 0) is 33.6 Å². The predicted molar refractivity (Wildman–Crippen MR) is 59.1 cm³/mol. The highest BCUT2D eigenvalue weighted by Gasteiger charge is 2.62. The lowest BCUT2D eigenvalue weighted by molar-refractivity contribution is -0.164. The molecule has 2 saturated heterocycles. The Balaban J connectivity index is 2.16. The predicted octanol–water partition coefficient (Wildman–Crippen LogP) is 0.204. The molecule has 2 aliphatic rings. The molecule has 1 spiro atoms. The third kappa shape index (κ3) is 1.76. The molecular formula is C11H18N2O4. The summed E-state index contributed by atoms with van der Waals surface area (Å²) < 4.78 is 5.25. The topological polar surface area (TPSA) is 78.9 Å². The maximum Gasteiger partial charge on any atom is 0.411 e. The molecule has 17 heavy (non-hydrogen) atoms. The van der Waals surface area contributed by atoms with Crippen molar-refractivity contribution < 1.29 is 19.4 Å². The Kier molecular flexibility index (Phi) is 2.57. The van der Waals surface area contributed by atoms with Crippen LogP contribution in [0.4, 0.5) is 4.79 Å². The van der Waals surface area contributed by atoms with Crippen LogP contribution in [0.1, 0.15) is 33.6 Å². The first kappa shape index (κ1) is 12.2. The molecule has 2 fully saturated rings. The van der Waals surface area contributed by atoms with Gasteiger partial charge in [0.2, 0.25) is 0 Å². The average Bonchev–Trinajstić information content (AvgIpc) is 2.62. The number of hydrogen-bond acceptors (Lipinski definition) is 4. The second-order valence-electron chi connectivity index (χ2n) is 5.54. The number of nitrogens with zero attached hydrogens (tertiary/aromatic N) is 1. The first-order valence-corrected chi connectivity index (χ1v) is 5.77. The quantitative estimate of drug-likeness (QED) is 0.595. The van der Waals surface area contributed by atoms with Crippen molar-refractivity contribution in [2.45, 2.75) is 51.0 Å². The zero-order valence-corrected chi connectivity index (χ0v) is 10.3. The molecule has 2 unspecified atom stereocenters. The van der Waals surface area contributed by atoms with Crippen molar-refractivity contribution in [3.63, 3.8) is 0 Å². The van der Waals surface area contributed by atoms with Gasteiger partial charge in [0, 0.05) is 6.54 Å². The largest absolute Gasteiger partial charge is 0.444 e. The molecule has 0 aromatic rings. The number of amides is 2. The minimum Gasteiger partial charge on any atom is -0.444 e. The summed E-state index contributed by atoms with van der Waals surface area (Å²) in [7, 11) is 0. The molecule has 96 valence electrons. The van der Waals surface area contributed by atoms with Gasteiger partial charge in [-0.15, -0.1) is 0 Å². The summed E-state index contributed by atoms with van der Waals surface area (Å²) >= 11 is 0. The summed E-state index contributed by atoms with van der Waals surface area (Å²) in [5.41, 5.74) is -1.70. The van der Waals surface area contributed by atoms with E-state index in [1.54, 1.807) is 20.8 Å². The van der Waals surface area contributed by atoms with Crippen LogP contribution < -0.4 is 5.32 Å². The maximum atomic E-state index is 12.0. The normalized spacial score (nSPS) is 32.4. The fourth-order valence-corrected chi connectivity index (χ4v) is 2.35. The maximum absolute atomic E-state index is 12.0. The lowest BCUT2D eigenvalue weighted by atomic mass is 9.86. The lowest BCUT2D eigenvalue weighted by Crippen LogP contribution is -2.78. The molecule has 0 aromatic heterocycles. The highest BCUT2D eigenvalue weighted by atomic mass is 16.6. The molecule has 0 saturated carbocycles. The molecular weight excluding hydrogens is 224 g/mol. The fourth-order valence-electron chi connectivity index (χ4n) is 2.35. The van der Waals surface area contributed by atoms with Crippen molar-refractivity contribution >= 4 is 12.0 Å². The standard InChI is InChI=1S/C11H18N2O4/c1-10(2,3)17-9(16)13-6-4-5-11(13)7(14)12-8(11)15/h7,14H,4-6H2,1-3H3,(H,12,15). The van der Waals surface area contributed by atoms with Crippen molar-refractivity contribution in [1.29, 1.82) is 0 Å². The highest BCUT2D eigenvalue weighted by molar-refractivity contribution is 5.96. The van der Waals surface area contributed by atoms with Gasteiger partial charge in [-0.1, -0.05) is 0 Å². The van der Waals surface area contributed by atoms with Gasteiger partial charge in [0.15, 0.2) is 11.8 Å². The van der Waals surface area contributed by atoms with Gasteiger partial charge < -0.3 is 15.2 Å². The Bertz CT molecular complexity index is 363. The number of carbonyl (C=O) groups is 2. The van der Waals surface area contributed by atoms with Crippen LogP contribution in [0, 0.1) is 0 Å². The van der Waals surface area contributed by atoms with E-state index in [-0.39, 0.29) is 5.91 Å². The highest BCUT2D eigenvalue weighted by Crippen LogP contribution is 2.38. The molecule has 0 aliphatic carbocycles. The van der Waals surface area contributed by atoms with E-state index < -0.39 is 23.5 Å². The number of ether oxygens (including phenoxy) is 1. The van der Waals surface area contributed by atoms with E-state index in [0.29, 0.717) is 19.4 Å². The molecule has 6 heteroatoms. The van der Waals surface area contributed by atoms with Crippen LogP contribution >= 0.6 is 0 Å². The summed E-state index contributed by atoms with van der Waals surface area (Å²) in [6, 6.07) is 0. The van der Waals surface area contributed by atoms with E-state index >= 15 is 0 Å². The van der Waals surface area contributed by atoms with E-state index in [1.165, 1.54) is 4.90 Å². The van der Waals surface area contributed by atoms with Crippen molar-refractivity contribution in [1.82, 2.24) is 10.2 Å². The molecule has 2 aliphatic heterocycles. The monoisotopic (exact) mass is 242 g/mol. The minimum absolute atomic E-state index is 0.298. The lowest BCUT2D eigenvalue weighted by Gasteiger charge is -2.47. The average molecular weight is 242 g/mol. The molecule has 0 aromatic carbocycles. The Morgan fingerprint density at radius 1 is 1.59 bits per heavy atom. The van der Waals surface area contributed by atoms with E-state index in [9.17, 15) is 14.7 Å². The van der Waals surface area contributed by atoms with Gasteiger partial charge in [-0.25, -0.2) is 4.79 Å². The van der Waals surface area contributed by atoms with Crippen LogP contribution in [0.25, 0.3) is 0 Å². The van der Waals surface area contributed by atoms with Gasteiger partial charge in [0.25, 0.3) is 5.91 Å². The Labute approximate surface area is 99.9 Å². The SMILES string of the molecule is CC(C)(C)OC(=O)N1CCCC12C(=O)NC2O. The van der Waals surface area contributed by atoms with Crippen LogP contribution in [-0.2, 0) is 9.53 Å². The molecule has 0 bridgehead atoms. The van der Waals surface area contributed by atoms with Crippen LogP contribution in [0.5, 0.6) is 0 Å². The van der Waals surface area contributed by atoms with Gasteiger partial charge in [0.05, 0.1) is 0 Å². The van der Waals surface area contributed by atoms with Crippen molar-refractivity contribution in [3.05, 3.63) is 0 Å². The number of nitrogens with one attached hydrogen (secondary N) is 1. The van der Waals surface area contributed by atoms with Crippen LogP contribution in [0.2, 0.25) is 0 Å². The smallest absolute Gasteiger partial charge is 0.411 e. The summed E-state index contributed by atoms with van der Waals surface area (Å²) in [6.45, 7) is 5.75. The van der Waals surface area contributed by atoms with E-state index in [0.717, 1.165) is 0 Å². The van der Waals surface area contributed by atoms with Crippen LogP contribution in [0.3, 0.4) is 0 Å². The van der Waals surface area contributed by atoms with Crippen LogP contribution in [0.15, 0.2) is 0 Å². The van der Waals surface area contributed by atoms with E-state index in [2.05, 4.69) is 5.32 Å². The summed E-state index contributed by atoms with van der Waals surface area (Å²) in [4.78, 5) is 24.9. The summed E-state index contributed by atoms with van der Waals surface area (Å²) in [5.74, 6) is -0.298. The third-order valence-electron chi connectivity index (χ3n) is 3.15. The second kappa shape index (κ2) is 3.60. The number of β-lactam (4-membered cyclic amide) rings is 1. The Morgan fingerprint density at radius 3 is 2.71 bits per heavy atom. The van der Waals surface area contributed by atoms with Gasteiger partial charge in [-0.2, -0.15) is 0 Å². The Hall–Kier alpha value is -1.30. The number of likely N-dealkylation sites (tertiary alicyclic amines) is 1. The number of aliphatic hydroxyl groups excluding tert-OH is 1. The first-order chi connectivity index (χ1) is 7.77. The van der Waals surface area contributed by atoms with E-state index in [4.69, 9.17) is 4.74 Å². The molecule has 2 atom stereocenters. The molecule has 2 N–H and O–H groups in total. The van der Waals surface area contributed by atoms with Crippen molar-refractivity contribution in [2.24, 2.45) is 0 Å². The Morgan fingerprint density at radius 2 is 2.24 bits per heavy atom. The zero-order valence-electron chi connectivity index (χ0n) is 10.3. The fraction of sp³-hybridized carbons (Fsp3) is 0.818. The molecule has 2 heterocycles. The summed E-state index contributed by atoms with van der Waals surface area (Å²) in [5, 5.41) is 12.1. The molecule has 0 radical (unpaired) electrons. The number of hydrogen-bond donors (Lipinski definition) is 2. The van der Waals surface area contributed by atoms with Gasteiger partial charge in [0.1, 0.15) is 5.60 Å². The minimum atomic E-state index is -1.09. The number of carbonyl (C=O) groups excluding carboxylic acids is 2. The summed E-state index contributed by atoms with van der Waals surface area (Å²) in [6.07, 6.45) is -0.336. The third-order valence-corrected chi connectivity index (χ3v) is 3.15. The van der Waals surface area contributed by atoms with Gasteiger partial charge in [-0.3, -0.25) is 9.69 Å². The van der Waals surface area contributed by atoms with Crippen LogP contribution in [-0.4, -0.2) is 45.9 Å². The first-order valence-electron chi connectivity index (χ1n) is 5.77.